The molecule has 0 aliphatic heterocycles. The molecule has 120 valence electrons. The molecule has 1 aliphatic carbocycles. The first-order valence-electron chi connectivity index (χ1n) is 7.36. The van der Waals surface area contributed by atoms with Gasteiger partial charge in [-0.05, 0) is 42.5 Å². The number of ether oxygens (including phenoxy) is 1. The standard InChI is InChI=1S/C16H17N3O2S2/c1-2-8-22-16-19-18-15(23-16)17-14(20)10-21-13-7-6-11-4-3-5-12(11)9-13/h2,6-7,9H,1,3-5,8,10H2,(H,17,18,20). The van der Waals surface area contributed by atoms with Crippen molar-refractivity contribution in [2.24, 2.45) is 0 Å². The minimum absolute atomic E-state index is 0.0342. The SMILES string of the molecule is C=CCSc1nnc(NC(=O)COc2ccc3c(c2)CCC3)s1. The Hall–Kier alpha value is -1.86. The first-order valence-corrected chi connectivity index (χ1v) is 9.16. The molecule has 5 nitrogen and oxygen atoms in total. The molecule has 1 heterocycles. The molecule has 0 bridgehead atoms. The average molecular weight is 347 g/mol. The van der Waals surface area contributed by atoms with Gasteiger partial charge in [-0.25, -0.2) is 0 Å². The predicted molar refractivity (Wildman–Crippen MR) is 93.4 cm³/mol. The van der Waals surface area contributed by atoms with Crippen molar-refractivity contribution in [2.75, 3.05) is 17.7 Å². The molecule has 23 heavy (non-hydrogen) atoms. The molecule has 7 heteroatoms. The van der Waals surface area contributed by atoms with Crippen LogP contribution in [0, 0.1) is 0 Å². The number of thioether (sulfide) groups is 1. The number of carbonyl (C=O) groups excluding carboxylic acids is 1. The summed E-state index contributed by atoms with van der Waals surface area (Å²) in [4.78, 5) is 11.9. The normalized spacial score (nSPS) is 12.7. The van der Waals surface area contributed by atoms with E-state index < -0.39 is 0 Å². The molecule has 0 saturated heterocycles. The minimum Gasteiger partial charge on any atom is -0.484 e. The van der Waals surface area contributed by atoms with Gasteiger partial charge >= 0.3 is 0 Å². The number of rotatable bonds is 7. The molecular weight excluding hydrogens is 330 g/mol. The van der Waals surface area contributed by atoms with Gasteiger partial charge in [-0.2, -0.15) is 0 Å². The molecule has 1 amide bonds. The van der Waals surface area contributed by atoms with Crippen LogP contribution in [-0.2, 0) is 17.6 Å². The number of carbonyl (C=O) groups is 1. The largest absolute Gasteiger partial charge is 0.484 e. The molecule has 0 unspecified atom stereocenters. The average Bonchev–Trinajstić information content (AvgIpc) is 3.19. The summed E-state index contributed by atoms with van der Waals surface area (Å²) in [6, 6.07) is 6.04. The molecule has 2 aromatic rings. The summed E-state index contributed by atoms with van der Waals surface area (Å²) in [5.74, 6) is 1.27. The van der Waals surface area contributed by atoms with E-state index in [1.165, 1.54) is 40.6 Å². The van der Waals surface area contributed by atoms with E-state index >= 15 is 0 Å². The first kappa shape index (κ1) is 16.0. The van der Waals surface area contributed by atoms with Crippen LogP contribution in [0.5, 0.6) is 5.75 Å². The summed E-state index contributed by atoms with van der Waals surface area (Å²) in [7, 11) is 0. The predicted octanol–water partition coefficient (Wildman–Crippen LogP) is 3.32. The summed E-state index contributed by atoms with van der Waals surface area (Å²) >= 11 is 2.88. The summed E-state index contributed by atoms with van der Waals surface area (Å²) in [5.41, 5.74) is 2.72. The Morgan fingerprint density at radius 2 is 2.26 bits per heavy atom. The zero-order valence-corrected chi connectivity index (χ0v) is 14.2. The zero-order chi connectivity index (χ0) is 16.1. The number of aryl methyl sites for hydroxylation is 2. The van der Waals surface area contributed by atoms with Crippen LogP contribution in [0.4, 0.5) is 5.13 Å². The van der Waals surface area contributed by atoms with E-state index in [0.717, 1.165) is 28.7 Å². The maximum Gasteiger partial charge on any atom is 0.264 e. The van der Waals surface area contributed by atoms with Crippen LogP contribution >= 0.6 is 23.1 Å². The highest BCUT2D eigenvalue weighted by atomic mass is 32.2. The van der Waals surface area contributed by atoms with Gasteiger partial charge in [-0.15, -0.1) is 16.8 Å². The quantitative estimate of drug-likeness (QED) is 0.473. The molecule has 3 rings (SSSR count). The number of anilines is 1. The minimum atomic E-state index is -0.234. The number of aromatic nitrogens is 2. The summed E-state index contributed by atoms with van der Waals surface area (Å²) in [6.45, 7) is 3.62. The second-order valence-electron chi connectivity index (χ2n) is 5.09. The number of amides is 1. The lowest BCUT2D eigenvalue weighted by Crippen LogP contribution is -2.20. The number of hydrogen-bond acceptors (Lipinski definition) is 6. The Kier molecular flexibility index (Phi) is 5.30. The number of nitrogens with zero attached hydrogens (tertiary/aromatic N) is 2. The van der Waals surface area contributed by atoms with Gasteiger partial charge in [0.1, 0.15) is 5.75 Å². The van der Waals surface area contributed by atoms with Gasteiger partial charge in [0.2, 0.25) is 5.13 Å². The van der Waals surface area contributed by atoms with Crippen molar-refractivity contribution in [3.8, 4) is 5.75 Å². The van der Waals surface area contributed by atoms with E-state index in [2.05, 4.69) is 28.2 Å². The van der Waals surface area contributed by atoms with E-state index in [1.54, 1.807) is 6.08 Å². The fourth-order valence-electron chi connectivity index (χ4n) is 2.39. The van der Waals surface area contributed by atoms with E-state index in [-0.39, 0.29) is 12.5 Å². The van der Waals surface area contributed by atoms with Crippen LogP contribution in [0.25, 0.3) is 0 Å². The highest BCUT2D eigenvalue weighted by molar-refractivity contribution is 8.01. The third-order valence-electron chi connectivity index (χ3n) is 3.42. The molecule has 0 atom stereocenters. The summed E-state index contributed by atoms with van der Waals surface area (Å²) in [6.07, 6.45) is 5.23. The molecular formula is C16H17N3O2S2. The lowest BCUT2D eigenvalue weighted by Gasteiger charge is -2.07. The lowest BCUT2D eigenvalue weighted by atomic mass is 10.1. The van der Waals surface area contributed by atoms with Gasteiger partial charge in [0, 0.05) is 5.75 Å². The van der Waals surface area contributed by atoms with Crippen molar-refractivity contribution in [2.45, 2.75) is 23.6 Å². The number of nitrogens with one attached hydrogen (secondary N) is 1. The van der Waals surface area contributed by atoms with Crippen LogP contribution in [0.1, 0.15) is 17.5 Å². The molecule has 1 aliphatic rings. The van der Waals surface area contributed by atoms with Crippen LogP contribution < -0.4 is 10.1 Å². The summed E-state index contributed by atoms with van der Waals surface area (Å²) in [5, 5.41) is 11.1. The second kappa shape index (κ2) is 7.61. The molecule has 0 radical (unpaired) electrons. The highest BCUT2D eigenvalue weighted by Crippen LogP contribution is 2.27. The number of fused-ring (bicyclic) bond motifs is 1. The van der Waals surface area contributed by atoms with Crippen molar-refractivity contribution in [3.63, 3.8) is 0 Å². The summed E-state index contributed by atoms with van der Waals surface area (Å²) < 4.78 is 6.37. The fourth-order valence-corrected chi connectivity index (χ4v) is 3.92. The van der Waals surface area contributed by atoms with Crippen molar-refractivity contribution in [1.82, 2.24) is 10.2 Å². The van der Waals surface area contributed by atoms with Gasteiger partial charge in [-0.1, -0.05) is 35.2 Å². The van der Waals surface area contributed by atoms with Crippen LogP contribution in [-0.4, -0.2) is 28.5 Å². The lowest BCUT2D eigenvalue weighted by molar-refractivity contribution is -0.118. The van der Waals surface area contributed by atoms with Crippen LogP contribution in [0.15, 0.2) is 35.2 Å². The topological polar surface area (TPSA) is 64.1 Å². The fraction of sp³-hybridized carbons (Fsp3) is 0.312. The van der Waals surface area contributed by atoms with Gasteiger partial charge in [0.05, 0.1) is 0 Å². The first-order chi connectivity index (χ1) is 11.2. The maximum atomic E-state index is 11.9. The van der Waals surface area contributed by atoms with Gasteiger partial charge < -0.3 is 4.74 Å². The Morgan fingerprint density at radius 1 is 1.39 bits per heavy atom. The third kappa shape index (κ3) is 4.33. The van der Waals surface area contributed by atoms with Gasteiger partial charge in [0.25, 0.3) is 5.91 Å². The van der Waals surface area contributed by atoms with Gasteiger partial charge in [0.15, 0.2) is 10.9 Å². The molecule has 1 aromatic carbocycles. The van der Waals surface area contributed by atoms with Crippen molar-refractivity contribution < 1.29 is 9.53 Å². The van der Waals surface area contributed by atoms with E-state index in [9.17, 15) is 4.79 Å². The van der Waals surface area contributed by atoms with Crippen molar-refractivity contribution in [1.29, 1.82) is 0 Å². The van der Waals surface area contributed by atoms with Crippen LogP contribution in [0.2, 0.25) is 0 Å². The van der Waals surface area contributed by atoms with Crippen molar-refractivity contribution in [3.05, 3.63) is 42.0 Å². The highest BCUT2D eigenvalue weighted by Gasteiger charge is 2.12. The Balaban J connectivity index is 1.49. The molecule has 0 spiro atoms. The zero-order valence-electron chi connectivity index (χ0n) is 12.6. The Labute approximate surface area is 143 Å². The Bertz CT molecular complexity index is 715. The van der Waals surface area contributed by atoms with Crippen molar-refractivity contribution >= 4 is 34.1 Å². The molecule has 0 fully saturated rings. The van der Waals surface area contributed by atoms with Crippen LogP contribution in [0.3, 0.4) is 0 Å². The Morgan fingerprint density at radius 3 is 3.13 bits per heavy atom. The monoisotopic (exact) mass is 347 g/mol. The number of benzene rings is 1. The van der Waals surface area contributed by atoms with Gasteiger partial charge in [-0.3, -0.25) is 10.1 Å². The maximum absolute atomic E-state index is 11.9. The molecule has 0 saturated carbocycles. The molecule has 1 N–H and O–H groups in total. The van der Waals surface area contributed by atoms with E-state index in [0.29, 0.717) is 5.13 Å². The smallest absolute Gasteiger partial charge is 0.264 e. The van der Waals surface area contributed by atoms with E-state index in [1.807, 2.05) is 12.1 Å². The third-order valence-corrected chi connectivity index (χ3v) is 5.39. The van der Waals surface area contributed by atoms with E-state index in [4.69, 9.17) is 4.74 Å². The second-order valence-corrected chi connectivity index (χ2v) is 7.34. The number of hydrogen-bond donors (Lipinski definition) is 1. The molecule has 1 aromatic heterocycles.